The zero-order valence-electron chi connectivity index (χ0n) is 12.0. The molecular formula is C17H18O2S. The fourth-order valence-electron chi connectivity index (χ4n) is 2.01. The van der Waals surface area contributed by atoms with Crippen molar-refractivity contribution in [3.63, 3.8) is 0 Å². The lowest BCUT2D eigenvalue weighted by molar-refractivity contribution is 0.392. The van der Waals surface area contributed by atoms with E-state index in [-0.39, 0.29) is 0 Å². The molecule has 0 saturated heterocycles. The first kappa shape index (κ1) is 14.4. The summed E-state index contributed by atoms with van der Waals surface area (Å²) in [5.41, 5.74) is 4.07. The summed E-state index contributed by atoms with van der Waals surface area (Å²) in [6.07, 6.45) is 4.13. The quantitative estimate of drug-likeness (QED) is 0.772. The monoisotopic (exact) mass is 286 g/mol. The highest BCUT2D eigenvalue weighted by atomic mass is 32.1. The molecule has 2 nitrogen and oxygen atoms in total. The highest BCUT2D eigenvalue weighted by Crippen LogP contribution is 2.35. The minimum atomic E-state index is 0.779. The van der Waals surface area contributed by atoms with Crippen molar-refractivity contribution in [3.8, 4) is 11.5 Å². The summed E-state index contributed by atoms with van der Waals surface area (Å²) in [6.45, 7) is 5.93. The van der Waals surface area contributed by atoms with Crippen LogP contribution in [0.4, 0.5) is 0 Å². The van der Waals surface area contributed by atoms with E-state index in [0.717, 1.165) is 28.2 Å². The van der Waals surface area contributed by atoms with Gasteiger partial charge in [0.05, 0.1) is 19.8 Å². The SMILES string of the molecule is C=C(C)c1c(OC)cc(C=Cc2ccsc2)cc1OC. The molecule has 3 heteroatoms. The Bertz CT molecular complexity index is 599. The fraction of sp³-hybridized carbons (Fsp3) is 0.176. The summed E-state index contributed by atoms with van der Waals surface area (Å²) in [4.78, 5) is 0. The molecule has 0 aliphatic rings. The second kappa shape index (κ2) is 6.44. The second-order valence-electron chi connectivity index (χ2n) is 4.47. The van der Waals surface area contributed by atoms with Crippen LogP contribution in [-0.4, -0.2) is 14.2 Å². The van der Waals surface area contributed by atoms with Gasteiger partial charge >= 0.3 is 0 Å². The Hall–Kier alpha value is -2.00. The molecule has 0 aliphatic heterocycles. The molecule has 0 bridgehead atoms. The van der Waals surface area contributed by atoms with Crippen molar-refractivity contribution in [3.05, 3.63) is 52.2 Å². The molecule has 0 amide bonds. The Kier molecular flexibility index (Phi) is 4.64. The molecule has 1 aromatic heterocycles. The number of hydrogen-bond donors (Lipinski definition) is 0. The molecule has 0 radical (unpaired) electrons. The molecule has 20 heavy (non-hydrogen) atoms. The number of methoxy groups -OCH3 is 2. The number of benzene rings is 1. The third-order valence-corrected chi connectivity index (χ3v) is 3.67. The Morgan fingerprint density at radius 2 is 1.70 bits per heavy atom. The molecule has 0 unspecified atom stereocenters. The molecule has 0 atom stereocenters. The summed E-state index contributed by atoms with van der Waals surface area (Å²) >= 11 is 1.68. The lowest BCUT2D eigenvalue weighted by atomic mass is 10.0. The Morgan fingerprint density at radius 3 is 2.15 bits per heavy atom. The zero-order valence-corrected chi connectivity index (χ0v) is 12.8. The molecule has 0 spiro atoms. The molecule has 0 aliphatic carbocycles. The minimum absolute atomic E-state index is 0.779. The van der Waals surface area contributed by atoms with Gasteiger partial charge in [-0.3, -0.25) is 0 Å². The maximum atomic E-state index is 5.45. The van der Waals surface area contributed by atoms with Crippen LogP contribution in [0.5, 0.6) is 11.5 Å². The van der Waals surface area contributed by atoms with Crippen LogP contribution < -0.4 is 9.47 Å². The first-order valence-corrected chi connectivity index (χ1v) is 7.22. The van der Waals surface area contributed by atoms with E-state index in [1.54, 1.807) is 25.6 Å². The largest absolute Gasteiger partial charge is 0.496 e. The van der Waals surface area contributed by atoms with Gasteiger partial charge in [-0.15, -0.1) is 0 Å². The topological polar surface area (TPSA) is 18.5 Å². The van der Waals surface area contributed by atoms with Crippen LogP contribution >= 0.6 is 11.3 Å². The van der Waals surface area contributed by atoms with Gasteiger partial charge in [0, 0.05) is 0 Å². The highest BCUT2D eigenvalue weighted by Gasteiger charge is 2.12. The van der Waals surface area contributed by atoms with Crippen molar-refractivity contribution in [1.29, 1.82) is 0 Å². The lowest BCUT2D eigenvalue weighted by Crippen LogP contribution is -1.95. The normalized spacial score (nSPS) is 10.8. The average Bonchev–Trinajstić information content (AvgIpc) is 2.96. The molecule has 2 rings (SSSR count). The number of rotatable bonds is 5. The zero-order chi connectivity index (χ0) is 14.5. The van der Waals surface area contributed by atoms with E-state index < -0.39 is 0 Å². The molecule has 0 N–H and O–H groups in total. The molecule has 2 aromatic rings. The van der Waals surface area contributed by atoms with Crippen LogP contribution in [0.3, 0.4) is 0 Å². The fourth-order valence-corrected chi connectivity index (χ4v) is 2.64. The summed E-state index contributed by atoms with van der Waals surface area (Å²) in [7, 11) is 3.32. The van der Waals surface area contributed by atoms with Crippen molar-refractivity contribution >= 4 is 29.1 Å². The smallest absolute Gasteiger partial charge is 0.130 e. The van der Waals surface area contributed by atoms with Crippen LogP contribution in [0.2, 0.25) is 0 Å². The van der Waals surface area contributed by atoms with Crippen LogP contribution in [0.1, 0.15) is 23.6 Å². The van der Waals surface area contributed by atoms with E-state index in [1.165, 1.54) is 5.56 Å². The number of hydrogen-bond acceptors (Lipinski definition) is 3. The maximum absolute atomic E-state index is 5.45. The summed E-state index contributed by atoms with van der Waals surface area (Å²) < 4.78 is 10.9. The van der Waals surface area contributed by atoms with Gasteiger partial charge in [0.2, 0.25) is 0 Å². The van der Waals surface area contributed by atoms with Crippen molar-refractivity contribution in [2.45, 2.75) is 6.92 Å². The van der Waals surface area contributed by atoms with E-state index in [0.29, 0.717) is 0 Å². The summed E-state index contributed by atoms with van der Waals surface area (Å²) in [5.74, 6) is 1.56. The lowest BCUT2D eigenvalue weighted by Gasteiger charge is -2.14. The van der Waals surface area contributed by atoms with E-state index in [2.05, 4.69) is 35.6 Å². The Labute approximate surface area is 124 Å². The van der Waals surface area contributed by atoms with Crippen molar-refractivity contribution < 1.29 is 9.47 Å². The Morgan fingerprint density at radius 1 is 1.10 bits per heavy atom. The maximum Gasteiger partial charge on any atom is 0.130 e. The predicted molar refractivity (Wildman–Crippen MR) is 87.5 cm³/mol. The average molecular weight is 286 g/mol. The van der Waals surface area contributed by atoms with Gasteiger partial charge in [0.15, 0.2) is 0 Å². The van der Waals surface area contributed by atoms with Gasteiger partial charge in [-0.25, -0.2) is 0 Å². The first-order chi connectivity index (χ1) is 9.65. The van der Waals surface area contributed by atoms with Gasteiger partial charge < -0.3 is 9.47 Å². The first-order valence-electron chi connectivity index (χ1n) is 6.28. The molecular weight excluding hydrogens is 268 g/mol. The summed E-state index contributed by atoms with van der Waals surface area (Å²) in [6, 6.07) is 6.07. The van der Waals surface area contributed by atoms with Crippen LogP contribution in [-0.2, 0) is 0 Å². The number of allylic oxidation sites excluding steroid dienone is 1. The third-order valence-electron chi connectivity index (χ3n) is 2.97. The van der Waals surface area contributed by atoms with Gasteiger partial charge in [-0.05, 0) is 52.6 Å². The summed E-state index contributed by atoms with van der Waals surface area (Å²) in [5, 5.41) is 4.16. The van der Waals surface area contributed by atoms with Gasteiger partial charge in [-0.2, -0.15) is 11.3 Å². The molecule has 0 fully saturated rings. The van der Waals surface area contributed by atoms with Crippen molar-refractivity contribution in [2.75, 3.05) is 14.2 Å². The van der Waals surface area contributed by atoms with Crippen LogP contribution in [0.25, 0.3) is 17.7 Å². The van der Waals surface area contributed by atoms with E-state index in [4.69, 9.17) is 9.47 Å². The van der Waals surface area contributed by atoms with Crippen molar-refractivity contribution in [2.24, 2.45) is 0 Å². The standard InChI is InChI=1S/C17H18O2S/c1-12(2)17-15(18-3)9-14(10-16(17)19-4)6-5-13-7-8-20-11-13/h5-11H,1H2,2-4H3. The third kappa shape index (κ3) is 3.11. The highest BCUT2D eigenvalue weighted by molar-refractivity contribution is 7.08. The van der Waals surface area contributed by atoms with Crippen LogP contribution in [0.15, 0.2) is 35.5 Å². The minimum Gasteiger partial charge on any atom is -0.496 e. The number of thiophene rings is 1. The number of ether oxygens (including phenoxy) is 2. The second-order valence-corrected chi connectivity index (χ2v) is 5.25. The molecule has 0 saturated carbocycles. The van der Waals surface area contributed by atoms with Crippen LogP contribution in [0, 0.1) is 0 Å². The van der Waals surface area contributed by atoms with Crippen molar-refractivity contribution in [1.82, 2.24) is 0 Å². The molecule has 104 valence electrons. The Balaban J connectivity index is 2.43. The van der Waals surface area contributed by atoms with Gasteiger partial charge in [0.25, 0.3) is 0 Å². The van der Waals surface area contributed by atoms with E-state index in [1.807, 2.05) is 19.1 Å². The van der Waals surface area contributed by atoms with Gasteiger partial charge in [0.1, 0.15) is 11.5 Å². The molecule has 1 heterocycles. The van der Waals surface area contributed by atoms with E-state index in [9.17, 15) is 0 Å². The molecule has 1 aromatic carbocycles. The predicted octanol–water partition coefficient (Wildman–Crippen LogP) is 4.97. The van der Waals surface area contributed by atoms with E-state index >= 15 is 0 Å². The van der Waals surface area contributed by atoms with Gasteiger partial charge in [-0.1, -0.05) is 18.7 Å².